The van der Waals surface area contributed by atoms with Gasteiger partial charge in [-0.1, -0.05) is 23.7 Å². The number of aryl methyl sites for hydroxylation is 1. The molecule has 3 rings (SSSR count). The van der Waals surface area contributed by atoms with E-state index in [4.69, 9.17) is 21.1 Å². The second kappa shape index (κ2) is 5.95. The lowest BCUT2D eigenvalue weighted by atomic mass is 10.0. The fourth-order valence-electron chi connectivity index (χ4n) is 2.53. The van der Waals surface area contributed by atoms with Gasteiger partial charge in [0.15, 0.2) is 5.79 Å². The summed E-state index contributed by atoms with van der Waals surface area (Å²) >= 11 is 5.94. The highest BCUT2D eigenvalue weighted by molar-refractivity contribution is 6.30. The fraction of sp³-hybridized carbons (Fsp3) is 0.400. The van der Waals surface area contributed by atoms with E-state index in [1.54, 1.807) is 6.20 Å². The zero-order chi connectivity index (χ0) is 13.8. The van der Waals surface area contributed by atoms with Gasteiger partial charge in [-0.2, -0.15) is 0 Å². The summed E-state index contributed by atoms with van der Waals surface area (Å²) in [4.78, 5) is 4.04. The highest BCUT2D eigenvalue weighted by Crippen LogP contribution is 2.36. The number of nitrogens with zero attached hydrogens (tertiary/aromatic N) is 2. The number of ether oxygens (including phenoxy) is 2. The van der Waals surface area contributed by atoms with Crippen LogP contribution >= 0.6 is 11.6 Å². The van der Waals surface area contributed by atoms with Crippen molar-refractivity contribution in [1.29, 1.82) is 0 Å². The van der Waals surface area contributed by atoms with Crippen molar-refractivity contribution in [1.82, 2.24) is 9.55 Å². The molecule has 1 aliphatic heterocycles. The van der Waals surface area contributed by atoms with E-state index in [0.717, 1.165) is 30.0 Å². The van der Waals surface area contributed by atoms with Gasteiger partial charge >= 0.3 is 0 Å². The highest BCUT2D eigenvalue weighted by atomic mass is 35.5. The molecule has 4 nitrogen and oxygen atoms in total. The van der Waals surface area contributed by atoms with Crippen molar-refractivity contribution in [3.63, 3.8) is 0 Å². The number of benzene rings is 1. The predicted octanol–water partition coefficient (Wildman–Crippen LogP) is 3.22. The van der Waals surface area contributed by atoms with Crippen LogP contribution in [0, 0.1) is 0 Å². The van der Waals surface area contributed by atoms with Crippen LogP contribution in [0.2, 0.25) is 5.02 Å². The molecule has 1 aromatic heterocycles. The largest absolute Gasteiger partial charge is 0.343 e. The first-order chi connectivity index (χ1) is 9.78. The minimum atomic E-state index is -0.620. The van der Waals surface area contributed by atoms with E-state index in [-0.39, 0.29) is 0 Å². The average Bonchev–Trinajstić information content (AvgIpc) is 3.12. The Balaban J connectivity index is 1.69. The monoisotopic (exact) mass is 292 g/mol. The molecule has 5 heteroatoms. The van der Waals surface area contributed by atoms with Crippen LogP contribution in [0.5, 0.6) is 0 Å². The zero-order valence-corrected chi connectivity index (χ0v) is 11.9. The van der Waals surface area contributed by atoms with Gasteiger partial charge in [0, 0.05) is 35.9 Å². The second-order valence-electron chi connectivity index (χ2n) is 4.86. The maximum absolute atomic E-state index is 5.94. The highest BCUT2D eigenvalue weighted by Gasteiger charge is 2.37. The molecule has 1 aliphatic rings. The predicted molar refractivity (Wildman–Crippen MR) is 76.5 cm³/mol. The van der Waals surface area contributed by atoms with E-state index in [1.807, 2.05) is 36.8 Å². The average molecular weight is 293 g/mol. The molecule has 2 heterocycles. The number of hydrogen-bond donors (Lipinski definition) is 0. The number of halogens is 1. The molecule has 0 unspecified atom stereocenters. The first-order valence-corrected chi connectivity index (χ1v) is 7.16. The van der Waals surface area contributed by atoms with Gasteiger partial charge in [0.25, 0.3) is 0 Å². The minimum absolute atomic E-state index is 0.620. The number of aromatic nitrogens is 2. The summed E-state index contributed by atoms with van der Waals surface area (Å²) in [7, 11) is 0. The lowest BCUT2D eigenvalue weighted by Gasteiger charge is -2.28. The van der Waals surface area contributed by atoms with Crippen molar-refractivity contribution in [2.45, 2.75) is 25.2 Å². The molecule has 1 saturated heterocycles. The number of rotatable bonds is 5. The summed E-state index contributed by atoms with van der Waals surface area (Å²) < 4.78 is 13.9. The van der Waals surface area contributed by atoms with E-state index < -0.39 is 5.79 Å². The van der Waals surface area contributed by atoms with Crippen LogP contribution < -0.4 is 0 Å². The van der Waals surface area contributed by atoms with Crippen LogP contribution in [0.4, 0.5) is 0 Å². The molecule has 0 aliphatic carbocycles. The van der Waals surface area contributed by atoms with Gasteiger partial charge in [0.2, 0.25) is 0 Å². The van der Waals surface area contributed by atoms with Crippen molar-refractivity contribution in [3.05, 3.63) is 53.6 Å². The van der Waals surface area contributed by atoms with Crippen LogP contribution in [0.3, 0.4) is 0 Å². The lowest BCUT2D eigenvalue weighted by molar-refractivity contribution is -0.172. The third kappa shape index (κ3) is 2.87. The smallest absolute Gasteiger partial charge is 0.195 e. The molecule has 0 saturated carbocycles. The van der Waals surface area contributed by atoms with Crippen LogP contribution in [0.15, 0.2) is 43.0 Å². The van der Waals surface area contributed by atoms with Crippen LogP contribution in [0.25, 0.3) is 0 Å². The molecule has 0 N–H and O–H groups in total. The third-order valence-corrected chi connectivity index (χ3v) is 3.77. The fourth-order valence-corrected chi connectivity index (χ4v) is 2.65. The van der Waals surface area contributed by atoms with E-state index in [1.165, 1.54) is 0 Å². The quantitative estimate of drug-likeness (QED) is 0.849. The number of imidazole rings is 1. The third-order valence-electron chi connectivity index (χ3n) is 3.52. The molecule has 0 amide bonds. The summed E-state index contributed by atoms with van der Waals surface area (Å²) in [6.07, 6.45) is 7.35. The summed E-state index contributed by atoms with van der Waals surface area (Å²) in [5.74, 6) is -0.620. The van der Waals surface area contributed by atoms with Gasteiger partial charge < -0.3 is 14.0 Å². The van der Waals surface area contributed by atoms with E-state index in [9.17, 15) is 0 Å². The maximum Gasteiger partial charge on any atom is 0.195 e. The van der Waals surface area contributed by atoms with Gasteiger partial charge in [-0.3, -0.25) is 0 Å². The normalized spacial score (nSPS) is 17.4. The Bertz CT molecular complexity index is 534. The Labute approximate surface area is 123 Å². The second-order valence-corrected chi connectivity index (χ2v) is 5.30. The van der Waals surface area contributed by atoms with E-state index in [0.29, 0.717) is 13.2 Å². The summed E-state index contributed by atoms with van der Waals surface area (Å²) in [6, 6.07) is 7.70. The van der Waals surface area contributed by atoms with E-state index >= 15 is 0 Å². The van der Waals surface area contributed by atoms with Gasteiger partial charge in [-0.25, -0.2) is 4.98 Å². The van der Waals surface area contributed by atoms with E-state index in [2.05, 4.69) is 9.55 Å². The molecular formula is C15H17ClN2O2. The Hall–Kier alpha value is -1.36. The Morgan fingerprint density at radius 1 is 1.20 bits per heavy atom. The van der Waals surface area contributed by atoms with Crippen molar-refractivity contribution in [2.24, 2.45) is 0 Å². The van der Waals surface area contributed by atoms with Crippen molar-refractivity contribution >= 4 is 11.6 Å². The topological polar surface area (TPSA) is 36.3 Å². The summed E-state index contributed by atoms with van der Waals surface area (Å²) in [5, 5.41) is 0.723. The number of hydrogen-bond acceptors (Lipinski definition) is 3. The molecule has 0 radical (unpaired) electrons. The van der Waals surface area contributed by atoms with Gasteiger partial charge in [-0.05, 0) is 18.6 Å². The SMILES string of the molecule is Clc1ccc(C2(CCCn3ccnc3)OCCO2)cc1. The molecule has 1 fully saturated rings. The minimum Gasteiger partial charge on any atom is -0.343 e. The Kier molecular flexibility index (Phi) is 4.05. The lowest BCUT2D eigenvalue weighted by Crippen LogP contribution is -2.27. The van der Waals surface area contributed by atoms with Crippen molar-refractivity contribution in [3.8, 4) is 0 Å². The molecule has 0 spiro atoms. The molecule has 0 atom stereocenters. The molecule has 1 aromatic carbocycles. The first kappa shape index (κ1) is 13.6. The van der Waals surface area contributed by atoms with Gasteiger partial charge in [0.05, 0.1) is 19.5 Å². The Morgan fingerprint density at radius 3 is 2.60 bits per heavy atom. The molecular weight excluding hydrogens is 276 g/mol. The summed E-state index contributed by atoms with van der Waals surface area (Å²) in [5.41, 5.74) is 1.03. The molecule has 20 heavy (non-hydrogen) atoms. The molecule has 2 aromatic rings. The molecule has 106 valence electrons. The Morgan fingerprint density at radius 2 is 1.95 bits per heavy atom. The van der Waals surface area contributed by atoms with Crippen molar-refractivity contribution in [2.75, 3.05) is 13.2 Å². The van der Waals surface area contributed by atoms with Gasteiger partial charge in [-0.15, -0.1) is 0 Å². The molecule has 0 bridgehead atoms. The first-order valence-electron chi connectivity index (χ1n) is 6.78. The van der Waals surface area contributed by atoms with Crippen molar-refractivity contribution < 1.29 is 9.47 Å². The maximum atomic E-state index is 5.94. The summed E-state index contributed by atoms with van der Waals surface area (Å²) in [6.45, 7) is 2.17. The van der Waals surface area contributed by atoms with Crippen LogP contribution in [-0.4, -0.2) is 22.8 Å². The zero-order valence-electron chi connectivity index (χ0n) is 11.2. The van der Waals surface area contributed by atoms with Crippen LogP contribution in [0.1, 0.15) is 18.4 Å². The van der Waals surface area contributed by atoms with Crippen LogP contribution in [-0.2, 0) is 21.8 Å². The van der Waals surface area contributed by atoms with Gasteiger partial charge in [0.1, 0.15) is 0 Å². The standard InChI is InChI=1S/C15H17ClN2O2/c16-14-4-2-13(3-5-14)15(19-10-11-20-15)6-1-8-18-9-7-17-12-18/h2-5,7,9,12H,1,6,8,10-11H2.